The first-order valence-corrected chi connectivity index (χ1v) is 3.54. The molecule has 4 nitrogen and oxygen atoms in total. The zero-order chi connectivity index (χ0) is 8.43. The molecule has 1 aromatic rings. The first-order valence-electron chi connectivity index (χ1n) is 3.54. The van der Waals surface area contributed by atoms with E-state index in [-0.39, 0.29) is 0 Å². The summed E-state index contributed by atoms with van der Waals surface area (Å²) in [4.78, 5) is 6.15. The lowest BCUT2D eigenvalue weighted by molar-refractivity contribution is 0.801. The molecule has 0 amide bonds. The van der Waals surface area contributed by atoms with Gasteiger partial charge in [0.15, 0.2) is 0 Å². The molecular formula is C7H14N4. The van der Waals surface area contributed by atoms with Crippen molar-refractivity contribution in [2.45, 2.75) is 6.54 Å². The van der Waals surface area contributed by atoms with Crippen LogP contribution in [0.2, 0.25) is 0 Å². The van der Waals surface area contributed by atoms with Crippen LogP contribution in [0.15, 0.2) is 6.20 Å². The summed E-state index contributed by atoms with van der Waals surface area (Å²) in [6.07, 6.45) is 1.80. The fourth-order valence-electron chi connectivity index (χ4n) is 1.04. The van der Waals surface area contributed by atoms with Gasteiger partial charge < -0.3 is 15.2 Å². The third-order valence-electron chi connectivity index (χ3n) is 1.67. The number of aromatic nitrogens is 2. The lowest BCUT2D eigenvalue weighted by Gasteiger charge is -2.11. The van der Waals surface area contributed by atoms with Gasteiger partial charge in [0.1, 0.15) is 0 Å². The van der Waals surface area contributed by atoms with Gasteiger partial charge >= 0.3 is 0 Å². The van der Waals surface area contributed by atoms with Crippen molar-refractivity contribution in [1.82, 2.24) is 9.55 Å². The highest BCUT2D eigenvalue weighted by Gasteiger charge is 2.05. The van der Waals surface area contributed by atoms with Crippen LogP contribution in [0.5, 0.6) is 0 Å². The molecule has 0 aliphatic carbocycles. The predicted octanol–water partition coefficient (Wildman–Crippen LogP) is -0.0552. The molecule has 11 heavy (non-hydrogen) atoms. The Balaban J connectivity index is 3.00. The van der Waals surface area contributed by atoms with Gasteiger partial charge in [-0.25, -0.2) is 4.98 Å². The highest BCUT2D eigenvalue weighted by atomic mass is 15.3. The first kappa shape index (κ1) is 8.07. The maximum atomic E-state index is 5.48. The lowest BCUT2D eigenvalue weighted by Crippen LogP contribution is -2.15. The van der Waals surface area contributed by atoms with E-state index in [2.05, 4.69) is 4.98 Å². The van der Waals surface area contributed by atoms with E-state index in [1.54, 1.807) is 6.20 Å². The molecular weight excluding hydrogens is 140 g/mol. The summed E-state index contributed by atoms with van der Waals surface area (Å²) in [6, 6.07) is 0. The molecule has 1 heterocycles. The van der Waals surface area contributed by atoms with Crippen LogP contribution in [0.1, 0.15) is 5.69 Å². The Morgan fingerprint density at radius 3 is 2.55 bits per heavy atom. The lowest BCUT2D eigenvalue weighted by atomic mass is 10.5. The second-order valence-electron chi connectivity index (χ2n) is 2.71. The van der Waals surface area contributed by atoms with Gasteiger partial charge in [0.05, 0.1) is 11.9 Å². The zero-order valence-corrected chi connectivity index (χ0v) is 7.20. The standard InChI is InChI=1S/C7H14N4/c1-10(2)7-9-5-6(4-8)11(7)3/h5H,4,8H2,1-3H3. The summed E-state index contributed by atoms with van der Waals surface area (Å²) in [5, 5.41) is 0. The molecule has 0 saturated carbocycles. The highest BCUT2D eigenvalue weighted by Crippen LogP contribution is 2.09. The summed E-state index contributed by atoms with van der Waals surface area (Å²) in [5.41, 5.74) is 6.53. The SMILES string of the molecule is CN(C)c1ncc(CN)n1C. The van der Waals surface area contributed by atoms with Crippen molar-refractivity contribution in [3.63, 3.8) is 0 Å². The number of nitrogens with zero attached hydrogens (tertiary/aromatic N) is 3. The van der Waals surface area contributed by atoms with Gasteiger partial charge in [0.25, 0.3) is 0 Å². The molecule has 0 bridgehead atoms. The van der Waals surface area contributed by atoms with Crippen molar-refractivity contribution in [2.24, 2.45) is 12.8 Å². The van der Waals surface area contributed by atoms with E-state index >= 15 is 0 Å². The molecule has 0 aliphatic rings. The van der Waals surface area contributed by atoms with Crippen LogP contribution >= 0.6 is 0 Å². The number of nitrogens with two attached hydrogens (primary N) is 1. The summed E-state index contributed by atoms with van der Waals surface area (Å²) >= 11 is 0. The second-order valence-corrected chi connectivity index (χ2v) is 2.71. The Bertz CT molecular complexity index is 239. The summed E-state index contributed by atoms with van der Waals surface area (Å²) < 4.78 is 1.99. The van der Waals surface area contributed by atoms with E-state index in [1.165, 1.54) is 0 Å². The van der Waals surface area contributed by atoms with Gasteiger partial charge in [-0.3, -0.25) is 0 Å². The van der Waals surface area contributed by atoms with Crippen molar-refractivity contribution in [3.05, 3.63) is 11.9 Å². The molecule has 0 unspecified atom stereocenters. The molecule has 0 aliphatic heterocycles. The van der Waals surface area contributed by atoms with Gasteiger partial charge in [-0.15, -0.1) is 0 Å². The molecule has 62 valence electrons. The predicted molar refractivity (Wildman–Crippen MR) is 45.4 cm³/mol. The summed E-state index contributed by atoms with van der Waals surface area (Å²) in [6.45, 7) is 0.539. The van der Waals surface area contributed by atoms with Crippen molar-refractivity contribution < 1.29 is 0 Å². The Labute approximate surface area is 66.6 Å². The number of anilines is 1. The van der Waals surface area contributed by atoms with Crippen molar-refractivity contribution in [2.75, 3.05) is 19.0 Å². The Morgan fingerprint density at radius 1 is 1.64 bits per heavy atom. The maximum absolute atomic E-state index is 5.48. The van der Waals surface area contributed by atoms with Crippen molar-refractivity contribution in [3.8, 4) is 0 Å². The molecule has 0 fully saturated rings. The van der Waals surface area contributed by atoms with E-state index < -0.39 is 0 Å². The molecule has 4 heteroatoms. The van der Waals surface area contributed by atoms with Crippen LogP contribution in [0.25, 0.3) is 0 Å². The quantitative estimate of drug-likeness (QED) is 0.649. The third-order valence-corrected chi connectivity index (χ3v) is 1.67. The molecule has 1 rings (SSSR count). The zero-order valence-electron chi connectivity index (χ0n) is 7.20. The van der Waals surface area contributed by atoms with Gasteiger partial charge in [0, 0.05) is 27.7 Å². The third kappa shape index (κ3) is 1.35. The highest BCUT2D eigenvalue weighted by molar-refractivity contribution is 5.30. The van der Waals surface area contributed by atoms with Crippen molar-refractivity contribution in [1.29, 1.82) is 0 Å². The first-order chi connectivity index (χ1) is 5.16. The van der Waals surface area contributed by atoms with E-state index in [0.29, 0.717) is 6.54 Å². The Morgan fingerprint density at radius 2 is 2.27 bits per heavy atom. The Kier molecular flexibility index (Phi) is 2.14. The smallest absolute Gasteiger partial charge is 0.204 e. The van der Waals surface area contributed by atoms with Crippen LogP contribution in [0.3, 0.4) is 0 Å². The Hall–Kier alpha value is -1.03. The fraction of sp³-hybridized carbons (Fsp3) is 0.571. The van der Waals surface area contributed by atoms with Crippen LogP contribution < -0.4 is 10.6 Å². The number of rotatable bonds is 2. The maximum Gasteiger partial charge on any atom is 0.204 e. The molecule has 0 radical (unpaired) electrons. The molecule has 0 aromatic carbocycles. The fourth-order valence-corrected chi connectivity index (χ4v) is 1.04. The minimum Gasteiger partial charge on any atom is -0.348 e. The monoisotopic (exact) mass is 154 g/mol. The number of imidazole rings is 1. The number of hydrogen-bond acceptors (Lipinski definition) is 3. The van der Waals surface area contributed by atoms with Gasteiger partial charge in [0.2, 0.25) is 5.95 Å². The van der Waals surface area contributed by atoms with Gasteiger partial charge in [-0.1, -0.05) is 0 Å². The van der Waals surface area contributed by atoms with Crippen LogP contribution in [0, 0.1) is 0 Å². The van der Waals surface area contributed by atoms with Gasteiger partial charge in [-0.05, 0) is 0 Å². The topological polar surface area (TPSA) is 47.1 Å². The minimum absolute atomic E-state index is 0.539. The normalized spacial score (nSPS) is 10.2. The average molecular weight is 154 g/mol. The van der Waals surface area contributed by atoms with Gasteiger partial charge in [-0.2, -0.15) is 0 Å². The molecule has 0 atom stereocenters. The van der Waals surface area contributed by atoms with Crippen LogP contribution in [-0.2, 0) is 13.6 Å². The van der Waals surface area contributed by atoms with E-state index in [4.69, 9.17) is 5.73 Å². The molecule has 2 N–H and O–H groups in total. The second kappa shape index (κ2) is 2.92. The van der Waals surface area contributed by atoms with Crippen molar-refractivity contribution >= 4 is 5.95 Å². The van der Waals surface area contributed by atoms with Crippen LogP contribution in [0.4, 0.5) is 5.95 Å². The molecule has 1 aromatic heterocycles. The van der Waals surface area contributed by atoms with E-state index in [9.17, 15) is 0 Å². The number of hydrogen-bond donors (Lipinski definition) is 1. The average Bonchev–Trinajstić information content (AvgIpc) is 2.30. The van der Waals surface area contributed by atoms with E-state index in [0.717, 1.165) is 11.6 Å². The van der Waals surface area contributed by atoms with Crippen LogP contribution in [-0.4, -0.2) is 23.6 Å². The van der Waals surface area contributed by atoms with E-state index in [1.807, 2.05) is 30.6 Å². The summed E-state index contributed by atoms with van der Waals surface area (Å²) in [5.74, 6) is 0.936. The molecule has 0 saturated heterocycles. The largest absolute Gasteiger partial charge is 0.348 e. The molecule has 0 spiro atoms. The minimum atomic E-state index is 0.539. The summed E-state index contributed by atoms with van der Waals surface area (Å²) in [7, 11) is 5.88.